The van der Waals surface area contributed by atoms with Gasteiger partial charge in [-0.1, -0.05) is 25.1 Å². The highest BCUT2D eigenvalue weighted by molar-refractivity contribution is 5.81. The summed E-state index contributed by atoms with van der Waals surface area (Å²) >= 11 is 0. The fourth-order valence-electron chi connectivity index (χ4n) is 1.82. The number of carbonyl (C=O) groups is 2. The van der Waals surface area contributed by atoms with Crippen LogP contribution in [0.2, 0.25) is 0 Å². The first-order chi connectivity index (χ1) is 9.60. The first-order valence-corrected chi connectivity index (χ1v) is 6.53. The average molecular weight is 275 g/mol. The van der Waals surface area contributed by atoms with E-state index >= 15 is 0 Å². The summed E-state index contributed by atoms with van der Waals surface area (Å²) in [6, 6.07) is 9.24. The van der Waals surface area contributed by atoms with E-state index in [0.717, 1.165) is 11.0 Å². The highest BCUT2D eigenvalue weighted by Gasteiger charge is 2.14. The van der Waals surface area contributed by atoms with Gasteiger partial charge in [-0.15, -0.1) is 0 Å². The summed E-state index contributed by atoms with van der Waals surface area (Å²) in [5.74, 6) is -0.0716. The zero-order chi connectivity index (χ0) is 14.5. The standard InChI is InChI=1S/C15H17NO4/c1-3-15(18)19-9-14(17)16-10(2)13-8-11-6-4-5-7-12(11)20-13/h4-8,10H,3,9H2,1-2H3,(H,16,17)/t10-/m0/s1. The molecule has 1 aromatic heterocycles. The Bertz CT molecular complexity index is 584. The predicted octanol–water partition coefficient (Wildman–Crippen LogP) is 2.56. The molecule has 1 atom stereocenters. The summed E-state index contributed by atoms with van der Waals surface area (Å²) < 4.78 is 10.4. The van der Waals surface area contributed by atoms with Gasteiger partial charge in [-0.3, -0.25) is 9.59 Å². The second-order valence-electron chi connectivity index (χ2n) is 4.49. The van der Waals surface area contributed by atoms with Gasteiger partial charge < -0.3 is 14.5 Å². The number of ether oxygens (including phenoxy) is 1. The van der Waals surface area contributed by atoms with E-state index in [0.29, 0.717) is 5.76 Å². The van der Waals surface area contributed by atoms with Gasteiger partial charge in [0.25, 0.3) is 5.91 Å². The summed E-state index contributed by atoms with van der Waals surface area (Å²) in [6.45, 7) is 3.23. The molecule has 0 saturated carbocycles. The van der Waals surface area contributed by atoms with E-state index in [-0.39, 0.29) is 25.0 Å². The van der Waals surface area contributed by atoms with Gasteiger partial charge in [0.2, 0.25) is 0 Å². The maximum Gasteiger partial charge on any atom is 0.306 e. The van der Waals surface area contributed by atoms with Crippen LogP contribution < -0.4 is 5.32 Å². The summed E-state index contributed by atoms with van der Waals surface area (Å²) in [4.78, 5) is 22.6. The van der Waals surface area contributed by atoms with Crippen molar-refractivity contribution >= 4 is 22.8 Å². The largest absolute Gasteiger partial charge is 0.459 e. The van der Waals surface area contributed by atoms with E-state index in [1.165, 1.54) is 0 Å². The molecular weight excluding hydrogens is 258 g/mol. The third kappa shape index (κ3) is 3.38. The maximum absolute atomic E-state index is 11.6. The van der Waals surface area contributed by atoms with Gasteiger partial charge in [0, 0.05) is 11.8 Å². The topological polar surface area (TPSA) is 68.5 Å². The number of hydrogen-bond acceptors (Lipinski definition) is 4. The van der Waals surface area contributed by atoms with Crippen LogP contribution in [0.3, 0.4) is 0 Å². The number of hydrogen-bond donors (Lipinski definition) is 1. The van der Waals surface area contributed by atoms with Crippen molar-refractivity contribution in [2.75, 3.05) is 6.61 Å². The molecule has 0 saturated heterocycles. The van der Waals surface area contributed by atoms with Gasteiger partial charge in [0.15, 0.2) is 6.61 Å². The minimum Gasteiger partial charge on any atom is -0.459 e. The third-order valence-electron chi connectivity index (χ3n) is 2.90. The van der Waals surface area contributed by atoms with Crippen LogP contribution in [0.4, 0.5) is 0 Å². The zero-order valence-corrected chi connectivity index (χ0v) is 11.5. The Morgan fingerprint density at radius 2 is 2.10 bits per heavy atom. The fraction of sp³-hybridized carbons (Fsp3) is 0.333. The Kier molecular flexibility index (Phi) is 4.40. The molecule has 1 N–H and O–H groups in total. The molecule has 106 valence electrons. The molecular formula is C15H17NO4. The van der Waals surface area contributed by atoms with E-state index in [4.69, 9.17) is 9.15 Å². The fourth-order valence-corrected chi connectivity index (χ4v) is 1.82. The lowest BCUT2D eigenvalue weighted by molar-refractivity contribution is -0.148. The van der Waals surface area contributed by atoms with Crippen molar-refractivity contribution in [1.29, 1.82) is 0 Å². The average Bonchev–Trinajstić information content (AvgIpc) is 2.88. The van der Waals surface area contributed by atoms with E-state index in [1.54, 1.807) is 6.92 Å². The van der Waals surface area contributed by atoms with Gasteiger partial charge in [-0.2, -0.15) is 0 Å². The predicted molar refractivity (Wildman–Crippen MR) is 74.0 cm³/mol. The SMILES string of the molecule is CCC(=O)OCC(=O)N[C@@H](C)c1cc2ccccc2o1. The lowest BCUT2D eigenvalue weighted by Gasteiger charge is -2.11. The summed E-state index contributed by atoms with van der Waals surface area (Å²) in [6.07, 6.45) is 0.256. The number of benzene rings is 1. The quantitative estimate of drug-likeness (QED) is 0.851. The number of esters is 1. The molecule has 0 aliphatic carbocycles. The lowest BCUT2D eigenvalue weighted by Crippen LogP contribution is -2.30. The molecule has 2 aromatic rings. The van der Waals surface area contributed by atoms with Crippen LogP contribution >= 0.6 is 0 Å². The zero-order valence-electron chi connectivity index (χ0n) is 11.5. The van der Waals surface area contributed by atoms with E-state index in [1.807, 2.05) is 37.3 Å². The summed E-state index contributed by atoms with van der Waals surface area (Å²) in [5.41, 5.74) is 0.779. The second-order valence-corrected chi connectivity index (χ2v) is 4.49. The molecule has 0 unspecified atom stereocenters. The van der Waals surface area contributed by atoms with E-state index in [9.17, 15) is 9.59 Å². The molecule has 1 aromatic carbocycles. The third-order valence-corrected chi connectivity index (χ3v) is 2.90. The Labute approximate surface area is 116 Å². The van der Waals surface area contributed by atoms with Crippen molar-refractivity contribution < 1.29 is 18.7 Å². The lowest BCUT2D eigenvalue weighted by atomic mass is 10.2. The van der Waals surface area contributed by atoms with Gasteiger partial charge in [-0.25, -0.2) is 0 Å². The molecule has 0 radical (unpaired) electrons. The molecule has 2 rings (SSSR count). The Morgan fingerprint density at radius 3 is 2.80 bits per heavy atom. The van der Waals surface area contributed by atoms with Crippen LogP contribution in [-0.2, 0) is 14.3 Å². The molecule has 20 heavy (non-hydrogen) atoms. The molecule has 1 heterocycles. The van der Waals surface area contributed by atoms with Gasteiger partial charge in [0.1, 0.15) is 11.3 Å². The number of para-hydroxylation sites is 1. The smallest absolute Gasteiger partial charge is 0.306 e. The van der Waals surface area contributed by atoms with E-state index in [2.05, 4.69) is 5.32 Å². The van der Waals surface area contributed by atoms with Crippen LogP contribution in [0.1, 0.15) is 32.1 Å². The van der Waals surface area contributed by atoms with E-state index < -0.39 is 5.97 Å². The first kappa shape index (κ1) is 14.1. The molecule has 0 aliphatic heterocycles. The van der Waals surface area contributed by atoms with Crippen LogP contribution in [0.15, 0.2) is 34.7 Å². The summed E-state index contributed by atoms with van der Waals surface area (Å²) in [5, 5.41) is 3.71. The van der Waals surface area contributed by atoms with Crippen molar-refractivity contribution in [1.82, 2.24) is 5.32 Å². The molecule has 1 amide bonds. The van der Waals surface area contributed by atoms with Crippen LogP contribution in [0, 0.1) is 0 Å². The number of nitrogens with one attached hydrogen (secondary N) is 1. The molecule has 0 spiro atoms. The normalized spacial score (nSPS) is 12.1. The number of amides is 1. The Balaban J connectivity index is 1.95. The monoisotopic (exact) mass is 275 g/mol. The Hall–Kier alpha value is -2.30. The highest BCUT2D eigenvalue weighted by atomic mass is 16.5. The minimum atomic E-state index is -0.392. The number of rotatable bonds is 5. The van der Waals surface area contributed by atoms with Gasteiger partial charge in [0.05, 0.1) is 6.04 Å². The van der Waals surface area contributed by atoms with Crippen LogP contribution in [0.25, 0.3) is 11.0 Å². The first-order valence-electron chi connectivity index (χ1n) is 6.53. The molecule has 0 bridgehead atoms. The number of fused-ring (bicyclic) bond motifs is 1. The molecule has 0 aliphatic rings. The number of carbonyl (C=O) groups excluding carboxylic acids is 2. The van der Waals surface area contributed by atoms with Crippen molar-refractivity contribution in [3.8, 4) is 0 Å². The molecule has 0 fully saturated rings. The highest BCUT2D eigenvalue weighted by Crippen LogP contribution is 2.23. The van der Waals surface area contributed by atoms with Crippen LogP contribution in [-0.4, -0.2) is 18.5 Å². The molecule has 5 nitrogen and oxygen atoms in total. The van der Waals surface area contributed by atoms with Crippen LogP contribution in [0.5, 0.6) is 0 Å². The Morgan fingerprint density at radius 1 is 1.35 bits per heavy atom. The molecule has 5 heteroatoms. The van der Waals surface area contributed by atoms with Crippen molar-refractivity contribution in [3.05, 3.63) is 36.1 Å². The van der Waals surface area contributed by atoms with Crippen molar-refractivity contribution in [3.63, 3.8) is 0 Å². The van der Waals surface area contributed by atoms with Crippen molar-refractivity contribution in [2.45, 2.75) is 26.3 Å². The second kappa shape index (κ2) is 6.23. The summed E-state index contributed by atoms with van der Waals surface area (Å²) in [7, 11) is 0. The minimum absolute atomic E-state index is 0.256. The van der Waals surface area contributed by atoms with Gasteiger partial charge in [-0.05, 0) is 19.1 Å². The van der Waals surface area contributed by atoms with Crippen molar-refractivity contribution in [2.24, 2.45) is 0 Å². The van der Waals surface area contributed by atoms with Gasteiger partial charge >= 0.3 is 5.97 Å². The maximum atomic E-state index is 11.6. The number of furan rings is 1.